The van der Waals surface area contributed by atoms with Crippen molar-refractivity contribution in [2.45, 2.75) is 24.6 Å². The molecule has 0 spiro atoms. The number of anilines is 1. The standard InChI is InChI=1S/C12H13N3OS2/c1-4-6-15(9(3)16)11-10(8-13)18-12(14-11)17-7-5-2/h1H,5-7H2,2-3H3. The van der Waals surface area contributed by atoms with Crippen LogP contribution in [0.4, 0.5) is 5.82 Å². The van der Waals surface area contributed by atoms with Gasteiger partial charge < -0.3 is 0 Å². The molecule has 0 bridgehead atoms. The van der Waals surface area contributed by atoms with E-state index >= 15 is 0 Å². The molecule has 0 saturated carbocycles. The third-order valence-corrected chi connectivity index (χ3v) is 4.30. The Hall–Kier alpha value is -1.50. The summed E-state index contributed by atoms with van der Waals surface area (Å²) in [7, 11) is 0. The first-order chi connectivity index (χ1) is 8.63. The highest BCUT2D eigenvalue weighted by molar-refractivity contribution is 8.01. The maximum atomic E-state index is 11.5. The van der Waals surface area contributed by atoms with Crippen LogP contribution in [0, 0.1) is 23.7 Å². The lowest BCUT2D eigenvalue weighted by molar-refractivity contribution is -0.116. The first kappa shape index (κ1) is 14.6. The Kier molecular flexibility index (Phi) is 5.70. The van der Waals surface area contributed by atoms with E-state index in [-0.39, 0.29) is 12.5 Å². The number of nitriles is 1. The summed E-state index contributed by atoms with van der Waals surface area (Å²) in [5, 5.41) is 9.08. The lowest BCUT2D eigenvalue weighted by atomic mass is 10.4. The summed E-state index contributed by atoms with van der Waals surface area (Å²) in [6.07, 6.45) is 6.26. The molecule has 1 rings (SSSR count). The number of hydrogen-bond acceptors (Lipinski definition) is 5. The normalized spacial score (nSPS) is 9.56. The van der Waals surface area contributed by atoms with Gasteiger partial charge in [-0.2, -0.15) is 5.26 Å². The average molecular weight is 279 g/mol. The Balaban J connectivity index is 3.06. The van der Waals surface area contributed by atoms with Crippen LogP contribution in [0.3, 0.4) is 0 Å². The van der Waals surface area contributed by atoms with E-state index in [2.05, 4.69) is 23.9 Å². The van der Waals surface area contributed by atoms with Gasteiger partial charge in [-0.3, -0.25) is 9.69 Å². The number of terminal acetylenes is 1. The molecule has 0 fully saturated rings. The second-order valence-electron chi connectivity index (χ2n) is 3.40. The molecule has 0 saturated heterocycles. The van der Waals surface area contributed by atoms with E-state index in [1.54, 1.807) is 11.8 Å². The van der Waals surface area contributed by atoms with Gasteiger partial charge in [0.05, 0.1) is 6.54 Å². The van der Waals surface area contributed by atoms with Gasteiger partial charge in [0.15, 0.2) is 10.2 Å². The topological polar surface area (TPSA) is 57.0 Å². The number of carbonyl (C=O) groups is 1. The minimum Gasteiger partial charge on any atom is -0.283 e. The molecule has 0 radical (unpaired) electrons. The Bertz CT molecular complexity index is 510. The van der Waals surface area contributed by atoms with Crippen molar-refractivity contribution in [3.63, 3.8) is 0 Å². The largest absolute Gasteiger partial charge is 0.283 e. The predicted molar refractivity (Wildman–Crippen MR) is 74.7 cm³/mol. The fourth-order valence-corrected chi connectivity index (χ4v) is 3.09. The molecule has 4 nitrogen and oxygen atoms in total. The van der Waals surface area contributed by atoms with Gasteiger partial charge in [-0.15, -0.1) is 6.42 Å². The molecule has 1 heterocycles. The summed E-state index contributed by atoms with van der Waals surface area (Å²) in [6.45, 7) is 3.62. The van der Waals surface area contributed by atoms with E-state index in [0.717, 1.165) is 16.5 Å². The van der Waals surface area contributed by atoms with Gasteiger partial charge in [-0.25, -0.2) is 4.98 Å². The second-order valence-corrected chi connectivity index (χ2v) is 5.74. The molecular formula is C12H13N3OS2. The second kappa shape index (κ2) is 7.05. The van der Waals surface area contributed by atoms with Crippen molar-refractivity contribution >= 4 is 34.8 Å². The monoisotopic (exact) mass is 279 g/mol. The molecule has 0 unspecified atom stereocenters. The van der Waals surface area contributed by atoms with E-state index < -0.39 is 0 Å². The highest BCUT2D eigenvalue weighted by atomic mass is 32.2. The fraction of sp³-hybridized carbons (Fsp3) is 0.417. The fourth-order valence-electron chi connectivity index (χ4n) is 1.23. The van der Waals surface area contributed by atoms with Crippen molar-refractivity contribution in [3.8, 4) is 18.4 Å². The van der Waals surface area contributed by atoms with Crippen LogP contribution in [0.15, 0.2) is 4.34 Å². The number of hydrogen-bond donors (Lipinski definition) is 0. The minimum atomic E-state index is -0.207. The number of amides is 1. The highest BCUT2D eigenvalue weighted by Crippen LogP contribution is 2.32. The summed E-state index contributed by atoms with van der Waals surface area (Å²) in [4.78, 5) is 17.6. The van der Waals surface area contributed by atoms with Crippen LogP contribution in [-0.4, -0.2) is 23.2 Å². The Morgan fingerprint density at radius 2 is 2.39 bits per heavy atom. The first-order valence-corrected chi connectivity index (χ1v) is 7.19. The number of aromatic nitrogens is 1. The first-order valence-electron chi connectivity index (χ1n) is 5.39. The zero-order valence-electron chi connectivity index (χ0n) is 10.3. The lowest BCUT2D eigenvalue weighted by Gasteiger charge is -2.15. The Labute approximate surface area is 115 Å². The molecule has 94 valence electrons. The smallest absolute Gasteiger partial charge is 0.225 e. The van der Waals surface area contributed by atoms with Gasteiger partial charge in [0.1, 0.15) is 10.9 Å². The number of thiazole rings is 1. The molecule has 0 aliphatic carbocycles. The van der Waals surface area contributed by atoms with Crippen molar-refractivity contribution in [3.05, 3.63) is 4.88 Å². The maximum absolute atomic E-state index is 11.5. The molecular weight excluding hydrogens is 266 g/mol. The van der Waals surface area contributed by atoms with E-state index in [0.29, 0.717) is 10.7 Å². The van der Waals surface area contributed by atoms with Crippen molar-refractivity contribution in [2.75, 3.05) is 17.2 Å². The van der Waals surface area contributed by atoms with Gasteiger partial charge in [-0.1, -0.05) is 35.9 Å². The van der Waals surface area contributed by atoms with Crippen LogP contribution in [-0.2, 0) is 4.79 Å². The molecule has 0 aliphatic heterocycles. The van der Waals surface area contributed by atoms with Crippen molar-refractivity contribution < 1.29 is 4.79 Å². The van der Waals surface area contributed by atoms with Crippen LogP contribution >= 0.6 is 23.1 Å². The third kappa shape index (κ3) is 3.49. The molecule has 0 atom stereocenters. The summed E-state index contributed by atoms with van der Waals surface area (Å²) < 4.78 is 0.798. The molecule has 1 amide bonds. The number of carbonyl (C=O) groups excluding carboxylic acids is 1. The summed E-state index contributed by atoms with van der Waals surface area (Å²) in [5.41, 5.74) is 0. The summed E-state index contributed by atoms with van der Waals surface area (Å²) in [5.74, 6) is 3.52. The SMILES string of the molecule is C#CCN(C(C)=O)c1nc(SCCC)sc1C#N. The molecule has 18 heavy (non-hydrogen) atoms. The van der Waals surface area contributed by atoms with Gasteiger partial charge in [-0.05, 0) is 6.42 Å². The quantitative estimate of drug-likeness (QED) is 0.614. The van der Waals surface area contributed by atoms with Crippen LogP contribution in [0.1, 0.15) is 25.1 Å². The summed E-state index contributed by atoms with van der Waals surface area (Å²) >= 11 is 2.88. The highest BCUT2D eigenvalue weighted by Gasteiger charge is 2.20. The Morgan fingerprint density at radius 1 is 1.67 bits per heavy atom. The van der Waals surface area contributed by atoms with E-state index in [1.807, 2.05) is 0 Å². The predicted octanol–water partition coefficient (Wildman–Crippen LogP) is 2.50. The molecule has 0 aromatic carbocycles. The molecule has 1 aromatic heterocycles. The molecule has 0 N–H and O–H groups in total. The lowest BCUT2D eigenvalue weighted by Crippen LogP contribution is -2.29. The summed E-state index contributed by atoms with van der Waals surface area (Å²) in [6, 6.07) is 2.07. The van der Waals surface area contributed by atoms with Gasteiger partial charge in [0, 0.05) is 12.7 Å². The zero-order valence-corrected chi connectivity index (χ0v) is 11.9. The average Bonchev–Trinajstić information content (AvgIpc) is 2.75. The van der Waals surface area contributed by atoms with Crippen molar-refractivity contribution in [2.24, 2.45) is 0 Å². The Morgan fingerprint density at radius 3 is 2.89 bits per heavy atom. The molecule has 0 aliphatic rings. The minimum absolute atomic E-state index is 0.131. The zero-order chi connectivity index (χ0) is 13.5. The third-order valence-electron chi connectivity index (χ3n) is 2.01. The van der Waals surface area contributed by atoms with Gasteiger partial charge >= 0.3 is 0 Å². The van der Waals surface area contributed by atoms with Crippen LogP contribution in [0.5, 0.6) is 0 Å². The van der Waals surface area contributed by atoms with Crippen LogP contribution in [0.25, 0.3) is 0 Å². The van der Waals surface area contributed by atoms with Crippen molar-refractivity contribution in [1.82, 2.24) is 4.98 Å². The van der Waals surface area contributed by atoms with Crippen LogP contribution in [0.2, 0.25) is 0 Å². The molecule has 6 heteroatoms. The maximum Gasteiger partial charge on any atom is 0.225 e. The van der Waals surface area contributed by atoms with E-state index in [4.69, 9.17) is 11.7 Å². The van der Waals surface area contributed by atoms with E-state index in [9.17, 15) is 4.79 Å². The number of rotatable bonds is 5. The van der Waals surface area contributed by atoms with Gasteiger partial charge in [0.2, 0.25) is 5.91 Å². The number of thioether (sulfide) groups is 1. The van der Waals surface area contributed by atoms with Gasteiger partial charge in [0.25, 0.3) is 0 Å². The van der Waals surface area contributed by atoms with Crippen molar-refractivity contribution in [1.29, 1.82) is 5.26 Å². The van der Waals surface area contributed by atoms with E-state index in [1.165, 1.54) is 23.2 Å². The van der Waals surface area contributed by atoms with Crippen LogP contribution < -0.4 is 4.90 Å². The number of nitrogens with zero attached hydrogens (tertiary/aromatic N) is 3. The molecule has 1 aromatic rings.